The van der Waals surface area contributed by atoms with Gasteiger partial charge in [-0.1, -0.05) is 45.6 Å². The first-order chi connectivity index (χ1) is 13.1. The van der Waals surface area contributed by atoms with E-state index in [2.05, 4.69) is 35.4 Å². The predicted molar refractivity (Wildman–Crippen MR) is 112 cm³/mol. The molecule has 2 amide bonds. The lowest BCUT2D eigenvalue weighted by atomic mass is 10.1. The Hall–Kier alpha value is -2.04. The summed E-state index contributed by atoms with van der Waals surface area (Å²) in [6, 6.07) is 7.55. The van der Waals surface area contributed by atoms with Gasteiger partial charge in [-0.05, 0) is 43.9 Å². The van der Waals surface area contributed by atoms with Crippen LogP contribution in [0.2, 0.25) is 0 Å². The third-order valence-corrected chi connectivity index (χ3v) is 5.09. The van der Waals surface area contributed by atoms with Gasteiger partial charge in [-0.2, -0.15) is 0 Å². The van der Waals surface area contributed by atoms with Crippen LogP contribution in [0.3, 0.4) is 0 Å². The summed E-state index contributed by atoms with van der Waals surface area (Å²) in [6.45, 7) is 6.36. The number of carbonyl (C=O) groups excluding carboxylic acids is 2. The molecule has 1 atom stereocenters. The largest absolute Gasteiger partial charge is 0.371 e. The van der Waals surface area contributed by atoms with Crippen molar-refractivity contribution < 1.29 is 9.59 Å². The van der Waals surface area contributed by atoms with Crippen molar-refractivity contribution in [1.82, 2.24) is 5.32 Å². The van der Waals surface area contributed by atoms with Crippen molar-refractivity contribution in [2.24, 2.45) is 0 Å². The maximum absolute atomic E-state index is 12.8. The van der Waals surface area contributed by atoms with Gasteiger partial charge in [-0.25, -0.2) is 0 Å². The van der Waals surface area contributed by atoms with Crippen LogP contribution in [0.5, 0.6) is 0 Å². The Balaban J connectivity index is 1.95. The number of amides is 2. The van der Waals surface area contributed by atoms with E-state index in [-0.39, 0.29) is 11.8 Å². The molecular formula is C22H35N3O2. The highest BCUT2D eigenvalue weighted by molar-refractivity contribution is 5.97. The van der Waals surface area contributed by atoms with Crippen LogP contribution in [0.15, 0.2) is 24.3 Å². The molecule has 1 aliphatic heterocycles. The molecule has 27 heavy (non-hydrogen) atoms. The number of hydrogen-bond donors (Lipinski definition) is 2. The lowest BCUT2D eigenvalue weighted by Crippen LogP contribution is -2.43. The molecule has 150 valence electrons. The Morgan fingerprint density at radius 3 is 2.52 bits per heavy atom. The second kappa shape index (κ2) is 11.6. The molecule has 5 heteroatoms. The Morgan fingerprint density at radius 2 is 1.81 bits per heavy atom. The minimum absolute atomic E-state index is 0.0227. The molecule has 0 aliphatic carbocycles. The van der Waals surface area contributed by atoms with E-state index in [1.807, 2.05) is 18.2 Å². The molecule has 0 aromatic heterocycles. The number of rotatable bonds is 11. The molecule has 0 bridgehead atoms. The van der Waals surface area contributed by atoms with Crippen molar-refractivity contribution in [1.29, 1.82) is 0 Å². The van der Waals surface area contributed by atoms with Crippen molar-refractivity contribution in [3.8, 4) is 0 Å². The summed E-state index contributed by atoms with van der Waals surface area (Å²) in [5.41, 5.74) is 1.95. The van der Waals surface area contributed by atoms with Crippen LogP contribution in [-0.2, 0) is 9.59 Å². The molecule has 1 fully saturated rings. The normalized spacial score (nSPS) is 14.8. The maximum atomic E-state index is 12.8. The Kier molecular flexibility index (Phi) is 9.16. The van der Waals surface area contributed by atoms with E-state index in [1.54, 1.807) is 0 Å². The highest BCUT2D eigenvalue weighted by atomic mass is 16.2. The first-order valence-electron chi connectivity index (χ1n) is 10.6. The zero-order valence-corrected chi connectivity index (χ0v) is 16.9. The zero-order valence-electron chi connectivity index (χ0n) is 16.9. The molecule has 1 aromatic carbocycles. The number of carbonyl (C=O) groups is 2. The first-order valence-corrected chi connectivity index (χ1v) is 10.6. The van der Waals surface area contributed by atoms with Gasteiger partial charge in [0, 0.05) is 30.9 Å². The standard InChI is InChI=1S/C22H35N3O2/c1-3-5-7-14-21(26)24-20(13-6-4-2)22(27)23-18-11-10-12-19(17-18)25-15-8-9-16-25/h10-12,17,20H,3-9,13-16H2,1-2H3,(H,23,27)(H,24,26)/t20-/m1/s1. The summed E-state index contributed by atoms with van der Waals surface area (Å²) in [5.74, 6) is -0.142. The van der Waals surface area contributed by atoms with E-state index in [0.29, 0.717) is 12.8 Å². The number of hydrogen-bond acceptors (Lipinski definition) is 3. The fraction of sp³-hybridized carbons (Fsp3) is 0.636. The van der Waals surface area contributed by atoms with Crippen LogP contribution in [0.25, 0.3) is 0 Å². The van der Waals surface area contributed by atoms with Crippen molar-refractivity contribution >= 4 is 23.2 Å². The van der Waals surface area contributed by atoms with E-state index < -0.39 is 6.04 Å². The monoisotopic (exact) mass is 373 g/mol. The quantitative estimate of drug-likeness (QED) is 0.562. The van der Waals surface area contributed by atoms with Gasteiger partial charge in [0.05, 0.1) is 0 Å². The van der Waals surface area contributed by atoms with Crippen molar-refractivity contribution in [3.63, 3.8) is 0 Å². The third-order valence-electron chi connectivity index (χ3n) is 5.09. The smallest absolute Gasteiger partial charge is 0.246 e. The van der Waals surface area contributed by atoms with Crippen LogP contribution in [0.1, 0.15) is 71.6 Å². The van der Waals surface area contributed by atoms with Crippen molar-refractivity contribution in [3.05, 3.63) is 24.3 Å². The highest BCUT2D eigenvalue weighted by Crippen LogP contribution is 2.23. The minimum atomic E-state index is -0.463. The van der Waals surface area contributed by atoms with Crippen LogP contribution in [0.4, 0.5) is 11.4 Å². The Labute approximate surface area is 163 Å². The summed E-state index contributed by atoms with van der Waals surface area (Å²) < 4.78 is 0. The van der Waals surface area contributed by atoms with Crippen molar-refractivity contribution in [2.75, 3.05) is 23.3 Å². The molecule has 0 radical (unpaired) electrons. The van der Waals surface area contributed by atoms with Gasteiger partial charge >= 0.3 is 0 Å². The molecule has 0 saturated carbocycles. The number of anilines is 2. The maximum Gasteiger partial charge on any atom is 0.246 e. The first kappa shape index (κ1) is 21.3. The van der Waals surface area contributed by atoms with Gasteiger partial charge in [0.25, 0.3) is 0 Å². The third kappa shape index (κ3) is 7.24. The summed E-state index contributed by atoms with van der Waals surface area (Å²) in [7, 11) is 0. The predicted octanol–water partition coefficient (Wildman–Crippen LogP) is 4.48. The Morgan fingerprint density at radius 1 is 1.07 bits per heavy atom. The van der Waals surface area contributed by atoms with Gasteiger partial charge in [0.15, 0.2) is 0 Å². The molecule has 1 aliphatic rings. The van der Waals surface area contributed by atoms with Crippen LogP contribution >= 0.6 is 0 Å². The van der Waals surface area contributed by atoms with Gasteiger partial charge in [-0.3, -0.25) is 9.59 Å². The molecular weight excluding hydrogens is 338 g/mol. The lowest BCUT2D eigenvalue weighted by molar-refractivity contribution is -0.126. The topological polar surface area (TPSA) is 61.4 Å². The SMILES string of the molecule is CCCCCC(=O)N[C@H](CCCC)C(=O)Nc1cccc(N2CCCC2)c1. The van der Waals surface area contributed by atoms with Crippen molar-refractivity contribution in [2.45, 2.75) is 77.7 Å². The van der Waals surface area contributed by atoms with Gasteiger partial charge in [0.1, 0.15) is 6.04 Å². The number of unbranched alkanes of at least 4 members (excludes halogenated alkanes) is 3. The van der Waals surface area contributed by atoms with E-state index >= 15 is 0 Å². The van der Waals surface area contributed by atoms with Gasteiger partial charge in [-0.15, -0.1) is 0 Å². The molecule has 2 rings (SSSR count). The molecule has 0 spiro atoms. The molecule has 1 aromatic rings. The Bertz CT molecular complexity index is 597. The number of nitrogens with one attached hydrogen (secondary N) is 2. The van der Waals surface area contributed by atoms with Gasteiger partial charge < -0.3 is 15.5 Å². The summed E-state index contributed by atoms with van der Waals surface area (Å²) >= 11 is 0. The van der Waals surface area contributed by atoms with Crippen LogP contribution < -0.4 is 15.5 Å². The van der Waals surface area contributed by atoms with E-state index in [4.69, 9.17) is 0 Å². The second-order valence-electron chi connectivity index (χ2n) is 7.45. The van der Waals surface area contributed by atoms with E-state index in [9.17, 15) is 9.59 Å². The fourth-order valence-electron chi connectivity index (χ4n) is 3.46. The van der Waals surface area contributed by atoms with E-state index in [1.165, 1.54) is 12.8 Å². The molecule has 1 saturated heterocycles. The average molecular weight is 374 g/mol. The lowest BCUT2D eigenvalue weighted by Gasteiger charge is -2.21. The number of benzene rings is 1. The van der Waals surface area contributed by atoms with Crippen LogP contribution in [-0.4, -0.2) is 30.9 Å². The minimum Gasteiger partial charge on any atom is -0.371 e. The number of nitrogens with zero attached hydrogens (tertiary/aromatic N) is 1. The molecule has 2 N–H and O–H groups in total. The molecule has 1 heterocycles. The fourth-order valence-corrected chi connectivity index (χ4v) is 3.46. The van der Waals surface area contributed by atoms with Crippen LogP contribution in [0, 0.1) is 0 Å². The molecule has 0 unspecified atom stereocenters. The average Bonchev–Trinajstić information content (AvgIpc) is 3.20. The second-order valence-corrected chi connectivity index (χ2v) is 7.45. The summed E-state index contributed by atoms with van der Waals surface area (Å²) in [4.78, 5) is 27.3. The highest BCUT2D eigenvalue weighted by Gasteiger charge is 2.21. The van der Waals surface area contributed by atoms with E-state index in [0.717, 1.165) is 56.6 Å². The summed E-state index contributed by atoms with van der Waals surface area (Å²) in [5, 5.41) is 5.95. The zero-order chi connectivity index (χ0) is 19.5. The molecule has 5 nitrogen and oxygen atoms in total. The summed E-state index contributed by atoms with van der Waals surface area (Å²) in [6.07, 6.45) is 8.54. The van der Waals surface area contributed by atoms with Gasteiger partial charge in [0.2, 0.25) is 11.8 Å².